The van der Waals surface area contributed by atoms with Gasteiger partial charge in [-0.1, -0.05) is 30.3 Å². The number of rotatable bonds is 8. The minimum absolute atomic E-state index is 0.191. The van der Waals surface area contributed by atoms with Crippen molar-refractivity contribution < 1.29 is 14.7 Å². The molecule has 0 saturated heterocycles. The zero-order valence-corrected chi connectivity index (χ0v) is 11.5. The van der Waals surface area contributed by atoms with Crippen LogP contribution in [-0.4, -0.2) is 42.2 Å². The summed E-state index contributed by atoms with van der Waals surface area (Å²) in [4.78, 5) is 18.5. The van der Waals surface area contributed by atoms with Crippen molar-refractivity contribution in [3.63, 3.8) is 0 Å². The maximum absolute atomic E-state index is 11.5. The van der Waals surface area contributed by atoms with E-state index in [-0.39, 0.29) is 18.6 Å². The fourth-order valence-corrected chi connectivity index (χ4v) is 1.54. The minimum Gasteiger partial charge on any atom is -0.393 e. The number of nitrogens with zero attached hydrogens (tertiary/aromatic N) is 1. The van der Waals surface area contributed by atoms with Crippen molar-refractivity contribution in [1.82, 2.24) is 10.4 Å². The molecule has 0 radical (unpaired) electrons. The van der Waals surface area contributed by atoms with Gasteiger partial charge in [0.2, 0.25) is 0 Å². The van der Waals surface area contributed by atoms with Gasteiger partial charge in [0.1, 0.15) is 0 Å². The highest BCUT2D eigenvalue weighted by Gasteiger charge is 2.07. The number of carbonyl (C=O) groups is 1. The molecule has 0 aliphatic heterocycles. The van der Waals surface area contributed by atoms with Crippen molar-refractivity contribution in [3.05, 3.63) is 35.9 Å². The van der Waals surface area contributed by atoms with Crippen LogP contribution in [0.25, 0.3) is 0 Å². The van der Waals surface area contributed by atoms with Gasteiger partial charge in [-0.15, -0.1) is 0 Å². The molecule has 106 valence electrons. The van der Waals surface area contributed by atoms with Gasteiger partial charge >= 0.3 is 0 Å². The summed E-state index contributed by atoms with van der Waals surface area (Å²) in [6.07, 6.45) is 0.300. The Morgan fingerprint density at radius 2 is 2.11 bits per heavy atom. The molecule has 0 spiro atoms. The van der Waals surface area contributed by atoms with Crippen LogP contribution in [0, 0.1) is 0 Å². The van der Waals surface area contributed by atoms with E-state index >= 15 is 0 Å². The highest BCUT2D eigenvalue weighted by atomic mass is 16.6. The molecule has 1 unspecified atom stereocenters. The van der Waals surface area contributed by atoms with Crippen molar-refractivity contribution in [3.8, 4) is 0 Å². The number of likely N-dealkylation sites (N-methyl/N-ethyl adjacent to an activating group) is 1. The summed E-state index contributed by atoms with van der Waals surface area (Å²) in [7, 11) is 1.83. The number of amides is 1. The quantitative estimate of drug-likeness (QED) is 0.687. The van der Waals surface area contributed by atoms with Gasteiger partial charge in [-0.3, -0.25) is 14.5 Å². The molecule has 5 heteroatoms. The highest BCUT2D eigenvalue weighted by Crippen LogP contribution is 1.99. The van der Waals surface area contributed by atoms with Crippen molar-refractivity contribution in [1.29, 1.82) is 0 Å². The van der Waals surface area contributed by atoms with Gasteiger partial charge in [-0.05, 0) is 26.0 Å². The van der Waals surface area contributed by atoms with E-state index in [4.69, 9.17) is 9.94 Å². The van der Waals surface area contributed by atoms with Gasteiger partial charge in [0.05, 0.1) is 19.3 Å². The third kappa shape index (κ3) is 7.56. The van der Waals surface area contributed by atoms with Crippen LogP contribution in [0.1, 0.15) is 18.9 Å². The largest absolute Gasteiger partial charge is 0.393 e. The SMILES string of the molecule is CC(O)CCN(C)CC(=O)NOCc1ccccc1. The second-order valence-corrected chi connectivity index (χ2v) is 4.67. The number of aliphatic hydroxyl groups excluding tert-OH is 1. The average molecular weight is 266 g/mol. The van der Waals surface area contributed by atoms with Crippen molar-refractivity contribution in [2.45, 2.75) is 26.1 Å². The van der Waals surface area contributed by atoms with E-state index in [1.54, 1.807) is 6.92 Å². The molecule has 1 rings (SSSR count). The molecule has 19 heavy (non-hydrogen) atoms. The van der Waals surface area contributed by atoms with E-state index in [0.717, 1.165) is 5.56 Å². The summed E-state index contributed by atoms with van der Waals surface area (Å²) in [6, 6.07) is 9.63. The van der Waals surface area contributed by atoms with Gasteiger partial charge in [0.15, 0.2) is 0 Å². The van der Waals surface area contributed by atoms with Gasteiger partial charge in [-0.2, -0.15) is 0 Å². The van der Waals surface area contributed by atoms with Crippen LogP contribution in [0.5, 0.6) is 0 Å². The summed E-state index contributed by atoms with van der Waals surface area (Å²) < 4.78 is 0. The summed E-state index contributed by atoms with van der Waals surface area (Å²) in [5, 5.41) is 9.15. The van der Waals surface area contributed by atoms with Gasteiger partial charge < -0.3 is 5.11 Å². The zero-order chi connectivity index (χ0) is 14.1. The van der Waals surface area contributed by atoms with E-state index in [9.17, 15) is 4.79 Å². The lowest BCUT2D eigenvalue weighted by Crippen LogP contribution is -2.36. The lowest BCUT2D eigenvalue weighted by Gasteiger charge is -2.16. The fourth-order valence-electron chi connectivity index (χ4n) is 1.54. The van der Waals surface area contributed by atoms with Crippen molar-refractivity contribution in [2.24, 2.45) is 0 Å². The first kappa shape index (κ1) is 15.6. The summed E-state index contributed by atoms with van der Waals surface area (Å²) in [6.45, 7) is 3.01. The molecule has 1 aromatic carbocycles. The molecule has 0 heterocycles. The van der Waals surface area contributed by atoms with Crippen LogP contribution in [0.4, 0.5) is 0 Å². The Bertz CT molecular complexity index is 368. The van der Waals surface area contributed by atoms with Gasteiger partial charge in [-0.25, -0.2) is 5.48 Å². The van der Waals surface area contributed by atoms with E-state index in [1.807, 2.05) is 42.3 Å². The number of nitrogens with one attached hydrogen (secondary N) is 1. The fraction of sp³-hybridized carbons (Fsp3) is 0.500. The lowest BCUT2D eigenvalue weighted by molar-refractivity contribution is -0.135. The highest BCUT2D eigenvalue weighted by molar-refractivity contribution is 5.76. The Balaban J connectivity index is 2.14. The average Bonchev–Trinajstić information content (AvgIpc) is 2.37. The molecule has 1 aromatic rings. The molecular formula is C14H22N2O3. The Morgan fingerprint density at radius 1 is 1.42 bits per heavy atom. The number of hydrogen-bond acceptors (Lipinski definition) is 4. The van der Waals surface area contributed by atoms with E-state index < -0.39 is 0 Å². The summed E-state index contributed by atoms with van der Waals surface area (Å²) >= 11 is 0. The second kappa shape index (κ2) is 8.63. The number of hydrogen-bond donors (Lipinski definition) is 2. The molecule has 0 aliphatic rings. The van der Waals surface area contributed by atoms with Gasteiger partial charge in [0.25, 0.3) is 5.91 Å². The smallest absolute Gasteiger partial charge is 0.257 e. The third-order valence-corrected chi connectivity index (χ3v) is 2.61. The zero-order valence-electron chi connectivity index (χ0n) is 11.5. The molecule has 1 atom stereocenters. The van der Waals surface area contributed by atoms with E-state index in [1.165, 1.54) is 0 Å². The predicted octanol–water partition coefficient (Wildman–Crippen LogP) is 0.937. The second-order valence-electron chi connectivity index (χ2n) is 4.67. The number of benzene rings is 1. The molecule has 0 fully saturated rings. The minimum atomic E-state index is -0.347. The third-order valence-electron chi connectivity index (χ3n) is 2.61. The maximum Gasteiger partial charge on any atom is 0.257 e. The lowest BCUT2D eigenvalue weighted by atomic mass is 10.2. The number of carbonyl (C=O) groups excluding carboxylic acids is 1. The first-order valence-electron chi connectivity index (χ1n) is 6.39. The maximum atomic E-state index is 11.5. The van der Waals surface area contributed by atoms with Gasteiger partial charge in [0, 0.05) is 6.54 Å². The van der Waals surface area contributed by atoms with Crippen LogP contribution in [-0.2, 0) is 16.2 Å². The van der Waals surface area contributed by atoms with E-state index in [2.05, 4.69) is 5.48 Å². The van der Waals surface area contributed by atoms with Crippen LogP contribution in [0.2, 0.25) is 0 Å². The Morgan fingerprint density at radius 3 is 2.74 bits per heavy atom. The van der Waals surface area contributed by atoms with Crippen molar-refractivity contribution >= 4 is 5.91 Å². The van der Waals surface area contributed by atoms with Crippen LogP contribution in [0.3, 0.4) is 0 Å². The molecule has 0 aromatic heterocycles. The predicted molar refractivity (Wildman–Crippen MR) is 73.2 cm³/mol. The summed E-state index contributed by atoms with van der Waals surface area (Å²) in [5.74, 6) is -0.191. The first-order valence-corrected chi connectivity index (χ1v) is 6.39. The topological polar surface area (TPSA) is 61.8 Å². The first-order chi connectivity index (χ1) is 9.08. The number of aliphatic hydroxyl groups is 1. The molecule has 5 nitrogen and oxygen atoms in total. The number of hydroxylamine groups is 1. The van der Waals surface area contributed by atoms with Crippen LogP contribution >= 0.6 is 0 Å². The molecular weight excluding hydrogens is 244 g/mol. The Labute approximate surface area is 114 Å². The Hall–Kier alpha value is -1.43. The van der Waals surface area contributed by atoms with Crippen LogP contribution in [0.15, 0.2) is 30.3 Å². The molecule has 0 aliphatic carbocycles. The Kier molecular flexibility index (Phi) is 7.10. The molecule has 0 bridgehead atoms. The van der Waals surface area contributed by atoms with Crippen molar-refractivity contribution in [2.75, 3.05) is 20.1 Å². The van der Waals surface area contributed by atoms with Crippen LogP contribution < -0.4 is 5.48 Å². The molecule has 1 amide bonds. The monoisotopic (exact) mass is 266 g/mol. The summed E-state index contributed by atoms with van der Waals surface area (Å²) in [5.41, 5.74) is 3.41. The molecule has 2 N–H and O–H groups in total. The standard InChI is InChI=1S/C14H22N2O3/c1-12(17)8-9-16(2)10-14(18)15-19-11-13-6-4-3-5-7-13/h3-7,12,17H,8-11H2,1-2H3,(H,15,18). The molecule has 0 saturated carbocycles. The normalized spacial score (nSPS) is 12.4. The van der Waals surface area contributed by atoms with E-state index in [0.29, 0.717) is 19.6 Å².